The highest BCUT2D eigenvalue weighted by Gasteiger charge is 2.33. The predicted octanol–water partition coefficient (Wildman–Crippen LogP) is 2.12. The lowest BCUT2D eigenvalue weighted by Gasteiger charge is -2.35. The number of primary sulfonamides is 1. The molecule has 2 N–H and O–H groups in total. The van der Waals surface area contributed by atoms with Gasteiger partial charge in [-0.05, 0) is 49.1 Å². The van der Waals surface area contributed by atoms with Crippen LogP contribution < -0.4 is 5.14 Å². The number of piperidine rings is 1. The van der Waals surface area contributed by atoms with Crippen LogP contribution in [0.1, 0.15) is 24.8 Å². The molecule has 0 saturated carbocycles. The van der Waals surface area contributed by atoms with Crippen molar-refractivity contribution in [3.05, 3.63) is 60.2 Å². The molecule has 26 heavy (non-hydrogen) atoms. The first-order valence-electron chi connectivity index (χ1n) is 8.47. The van der Waals surface area contributed by atoms with E-state index in [0.29, 0.717) is 13.0 Å². The van der Waals surface area contributed by atoms with Gasteiger partial charge in [0.1, 0.15) is 0 Å². The van der Waals surface area contributed by atoms with E-state index in [9.17, 15) is 16.8 Å². The zero-order valence-corrected chi connectivity index (χ0v) is 15.9. The molecule has 1 fully saturated rings. The highest BCUT2D eigenvalue weighted by atomic mass is 32.2. The molecule has 0 radical (unpaired) electrons. The van der Waals surface area contributed by atoms with E-state index in [1.807, 2.05) is 30.3 Å². The SMILES string of the molecule is NS(=O)(=O)c1ccc(S(=O)(=O)N2CCCCC2Cc2ccccc2)cc1. The highest BCUT2D eigenvalue weighted by Crippen LogP contribution is 2.28. The summed E-state index contributed by atoms with van der Waals surface area (Å²) in [5.41, 5.74) is 1.10. The highest BCUT2D eigenvalue weighted by molar-refractivity contribution is 7.89. The maximum absolute atomic E-state index is 13.1. The fourth-order valence-electron chi connectivity index (χ4n) is 3.32. The van der Waals surface area contributed by atoms with Crippen LogP contribution in [0.3, 0.4) is 0 Å². The van der Waals surface area contributed by atoms with Crippen molar-refractivity contribution in [2.45, 2.75) is 41.5 Å². The van der Waals surface area contributed by atoms with E-state index in [4.69, 9.17) is 5.14 Å². The van der Waals surface area contributed by atoms with Crippen molar-refractivity contribution in [2.24, 2.45) is 5.14 Å². The smallest absolute Gasteiger partial charge is 0.225 e. The second-order valence-corrected chi connectivity index (χ2v) is 9.92. The molecule has 1 aliphatic heterocycles. The molecule has 3 rings (SSSR count). The molecule has 140 valence electrons. The molecule has 0 amide bonds. The Labute approximate surface area is 154 Å². The average Bonchev–Trinajstić information content (AvgIpc) is 2.62. The Bertz CT molecular complexity index is 956. The predicted molar refractivity (Wildman–Crippen MR) is 99.5 cm³/mol. The molecular formula is C18H22N2O4S2. The Balaban J connectivity index is 1.88. The molecule has 1 saturated heterocycles. The largest absolute Gasteiger partial charge is 0.243 e. The van der Waals surface area contributed by atoms with Crippen LogP contribution in [0.25, 0.3) is 0 Å². The molecule has 1 atom stereocenters. The summed E-state index contributed by atoms with van der Waals surface area (Å²) in [6.45, 7) is 0.469. The van der Waals surface area contributed by atoms with Gasteiger partial charge in [-0.25, -0.2) is 22.0 Å². The number of nitrogens with zero attached hydrogens (tertiary/aromatic N) is 1. The molecule has 1 heterocycles. The topological polar surface area (TPSA) is 97.5 Å². The number of benzene rings is 2. The van der Waals surface area contributed by atoms with Crippen molar-refractivity contribution < 1.29 is 16.8 Å². The second-order valence-electron chi connectivity index (χ2n) is 6.47. The van der Waals surface area contributed by atoms with Gasteiger partial charge in [0, 0.05) is 12.6 Å². The summed E-state index contributed by atoms with van der Waals surface area (Å²) in [4.78, 5) is -0.0132. The normalized spacial score (nSPS) is 19.3. The summed E-state index contributed by atoms with van der Waals surface area (Å²) in [7, 11) is -7.55. The van der Waals surface area contributed by atoms with Crippen molar-refractivity contribution in [3.63, 3.8) is 0 Å². The summed E-state index contributed by atoms with van der Waals surface area (Å²) >= 11 is 0. The summed E-state index contributed by atoms with van der Waals surface area (Å²) in [5.74, 6) is 0. The lowest BCUT2D eigenvalue weighted by Crippen LogP contribution is -2.44. The third-order valence-electron chi connectivity index (χ3n) is 4.65. The van der Waals surface area contributed by atoms with Gasteiger partial charge in [0.05, 0.1) is 9.79 Å². The Morgan fingerprint density at radius 2 is 1.50 bits per heavy atom. The number of hydrogen-bond acceptors (Lipinski definition) is 4. The summed E-state index contributed by atoms with van der Waals surface area (Å²) in [6, 6.07) is 14.8. The number of sulfonamides is 2. The van der Waals surface area contributed by atoms with Crippen LogP contribution in [0.2, 0.25) is 0 Å². The van der Waals surface area contributed by atoms with Gasteiger partial charge in [0.25, 0.3) is 0 Å². The molecule has 1 aliphatic rings. The minimum absolute atomic E-state index is 0.0878. The lowest BCUT2D eigenvalue weighted by molar-refractivity contribution is 0.251. The average molecular weight is 395 g/mol. The Kier molecular flexibility index (Phi) is 5.47. The minimum Gasteiger partial charge on any atom is -0.225 e. The molecule has 0 aliphatic carbocycles. The van der Waals surface area contributed by atoms with Crippen LogP contribution in [0.5, 0.6) is 0 Å². The Hall–Kier alpha value is -1.74. The van der Waals surface area contributed by atoms with E-state index in [-0.39, 0.29) is 15.8 Å². The molecule has 6 nitrogen and oxygen atoms in total. The van der Waals surface area contributed by atoms with Crippen molar-refractivity contribution in [1.82, 2.24) is 4.31 Å². The van der Waals surface area contributed by atoms with E-state index in [2.05, 4.69) is 0 Å². The Morgan fingerprint density at radius 3 is 2.12 bits per heavy atom. The third-order valence-corrected chi connectivity index (χ3v) is 7.54. The van der Waals surface area contributed by atoms with Crippen LogP contribution in [0, 0.1) is 0 Å². The van der Waals surface area contributed by atoms with Gasteiger partial charge >= 0.3 is 0 Å². The van der Waals surface area contributed by atoms with Crippen LogP contribution in [0.15, 0.2) is 64.4 Å². The maximum Gasteiger partial charge on any atom is 0.243 e. The van der Waals surface area contributed by atoms with Gasteiger partial charge in [-0.2, -0.15) is 4.31 Å². The van der Waals surface area contributed by atoms with Gasteiger partial charge < -0.3 is 0 Å². The third kappa shape index (κ3) is 4.15. The zero-order valence-electron chi connectivity index (χ0n) is 14.3. The van der Waals surface area contributed by atoms with Crippen LogP contribution in [-0.4, -0.2) is 33.7 Å². The zero-order chi connectivity index (χ0) is 18.8. The number of rotatable bonds is 5. The van der Waals surface area contributed by atoms with Gasteiger partial charge in [-0.15, -0.1) is 0 Å². The van der Waals surface area contributed by atoms with Gasteiger partial charge in [0.15, 0.2) is 0 Å². The first-order valence-corrected chi connectivity index (χ1v) is 11.5. The first kappa shape index (κ1) is 19.0. The van der Waals surface area contributed by atoms with Gasteiger partial charge in [0.2, 0.25) is 20.0 Å². The second kappa shape index (κ2) is 7.48. The molecule has 8 heteroatoms. The molecule has 2 aromatic rings. The van der Waals surface area contributed by atoms with Crippen LogP contribution in [0.4, 0.5) is 0 Å². The van der Waals surface area contributed by atoms with Crippen LogP contribution >= 0.6 is 0 Å². The first-order chi connectivity index (χ1) is 12.3. The lowest BCUT2D eigenvalue weighted by atomic mass is 9.98. The van der Waals surface area contributed by atoms with Gasteiger partial charge in [-0.3, -0.25) is 0 Å². The van der Waals surface area contributed by atoms with E-state index in [1.165, 1.54) is 24.3 Å². The molecule has 0 bridgehead atoms. The summed E-state index contributed by atoms with van der Waals surface area (Å²) in [5, 5.41) is 5.08. The van der Waals surface area contributed by atoms with Crippen molar-refractivity contribution >= 4 is 20.0 Å². The van der Waals surface area contributed by atoms with Gasteiger partial charge in [-0.1, -0.05) is 36.8 Å². The van der Waals surface area contributed by atoms with E-state index >= 15 is 0 Å². The van der Waals surface area contributed by atoms with E-state index in [1.54, 1.807) is 4.31 Å². The summed E-state index contributed by atoms with van der Waals surface area (Å²) < 4.78 is 50.5. The standard InChI is InChI=1S/C18H22N2O4S2/c19-25(21,22)17-9-11-18(12-10-17)26(23,24)20-13-5-4-8-16(20)14-15-6-2-1-3-7-15/h1-3,6-7,9-12,16H,4-5,8,13-14H2,(H2,19,21,22). The Morgan fingerprint density at radius 1 is 0.885 bits per heavy atom. The fourth-order valence-corrected chi connectivity index (χ4v) is 5.53. The minimum atomic E-state index is -3.85. The molecule has 1 unspecified atom stereocenters. The monoisotopic (exact) mass is 394 g/mol. The molecule has 0 spiro atoms. The van der Waals surface area contributed by atoms with Crippen LogP contribution in [-0.2, 0) is 26.5 Å². The fraction of sp³-hybridized carbons (Fsp3) is 0.333. The van der Waals surface area contributed by atoms with Crippen molar-refractivity contribution in [3.8, 4) is 0 Å². The number of hydrogen-bond donors (Lipinski definition) is 1. The number of nitrogens with two attached hydrogens (primary N) is 1. The molecule has 0 aromatic heterocycles. The quantitative estimate of drug-likeness (QED) is 0.840. The van der Waals surface area contributed by atoms with Crippen molar-refractivity contribution in [1.29, 1.82) is 0 Å². The van der Waals surface area contributed by atoms with Crippen molar-refractivity contribution in [2.75, 3.05) is 6.54 Å². The molecular weight excluding hydrogens is 372 g/mol. The summed E-state index contributed by atoms with van der Waals surface area (Å²) in [6.07, 6.45) is 3.28. The maximum atomic E-state index is 13.1. The van der Waals surface area contributed by atoms with E-state index in [0.717, 1.165) is 24.8 Å². The van der Waals surface area contributed by atoms with E-state index < -0.39 is 20.0 Å². The molecule has 2 aromatic carbocycles.